The molecule has 2 aromatic carbocycles. The van der Waals surface area contributed by atoms with E-state index in [0.717, 1.165) is 46.2 Å². The van der Waals surface area contributed by atoms with E-state index in [0.29, 0.717) is 0 Å². The summed E-state index contributed by atoms with van der Waals surface area (Å²) in [5, 5.41) is 2.19. The summed E-state index contributed by atoms with van der Waals surface area (Å²) in [5.74, 6) is 15.5. The molecular weight excluding hydrogens is 560 g/mol. The Morgan fingerprint density at radius 1 is 0.457 bits per heavy atom. The van der Waals surface area contributed by atoms with E-state index in [-0.39, 0.29) is 0 Å². The van der Waals surface area contributed by atoms with Crippen molar-refractivity contribution in [1.29, 1.82) is 0 Å². The van der Waals surface area contributed by atoms with Crippen molar-refractivity contribution in [3.8, 4) is 35.2 Å². The summed E-state index contributed by atoms with van der Waals surface area (Å²) in [6, 6.07) is 8.30. The first-order valence-corrected chi connectivity index (χ1v) is 19.4. The number of hydrogen-bond donors (Lipinski definition) is 0. The average molecular weight is 629 g/mol. The third-order valence-corrected chi connectivity index (χ3v) is 9.28. The predicted molar refractivity (Wildman–Crippen MR) is 202 cm³/mol. The normalized spacial score (nSPS) is 10.8. The molecule has 0 saturated carbocycles. The highest BCUT2D eigenvalue weighted by molar-refractivity contribution is 5.96. The third kappa shape index (κ3) is 17.4. The zero-order valence-corrected chi connectivity index (χ0v) is 30.5. The molecular formula is C44H68O2. The van der Waals surface area contributed by atoms with Crippen LogP contribution in [0.5, 0.6) is 11.5 Å². The van der Waals surface area contributed by atoms with E-state index in [9.17, 15) is 0 Å². The van der Waals surface area contributed by atoms with E-state index in [1.165, 1.54) is 154 Å². The number of ether oxygens (including phenoxy) is 2. The van der Waals surface area contributed by atoms with Gasteiger partial charge in [0.1, 0.15) is 11.5 Å². The van der Waals surface area contributed by atoms with E-state index in [2.05, 4.69) is 55.7 Å². The van der Waals surface area contributed by atoms with Gasteiger partial charge >= 0.3 is 0 Å². The minimum atomic E-state index is 0.814. The maximum absolute atomic E-state index is 5.84. The minimum Gasteiger partial charge on any atom is -0.497 e. The molecule has 0 radical (unpaired) electrons. The number of fused-ring (bicyclic) bond motifs is 1. The van der Waals surface area contributed by atoms with Crippen LogP contribution in [0.3, 0.4) is 0 Å². The van der Waals surface area contributed by atoms with Crippen LogP contribution < -0.4 is 9.47 Å². The molecule has 2 rings (SSSR count). The zero-order valence-electron chi connectivity index (χ0n) is 30.5. The molecule has 0 aliphatic carbocycles. The molecule has 0 heterocycles. The van der Waals surface area contributed by atoms with Gasteiger partial charge in [0, 0.05) is 29.2 Å². The molecule has 0 aliphatic rings. The molecule has 0 atom stereocenters. The fourth-order valence-corrected chi connectivity index (χ4v) is 6.32. The van der Waals surface area contributed by atoms with Gasteiger partial charge in [-0.15, -0.1) is 0 Å². The van der Waals surface area contributed by atoms with Crippen LogP contribution in [0.2, 0.25) is 0 Å². The smallest absolute Gasteiger partial charge is 0.136 e. The van der Waals surface area contributed by atoms with Crippen molar-refractivity contribution < 1.29 is 9.47 Å². The Labute approximate surface area is 285 Å². The highest BCUT2D eigenvalue weighted by Gasteiger charge is 2.12. The summed E-state index contributed by atoms with van der Waals surface area (Å²) in [7, 11) is 3.46. The van der Waals surface area contributed by atoms with E-state index in [4.69, 9.17) is 9.47 Å². The summed E-state index contributed by atoms with van der Waals surface area (Å²) >= 11 is 0. The van der Waals surface area contributed by atoms with Gasteiger partial charge in [-0.2, -0.15) is 0 Å². The molecule has 0 spiro atoms. The van der Waals surface area contributed by atoms with Crippen molar-refractivity contribution in [1.82, 2.24) is 0 Å². The second-order valence-corrected chi connectivity index (χ2v) is 13.3. The van der Waals surface area contributed by atoms with Gasteiger partial charge in [-0.3, -0.25) is 0 Å². The summed E-state index contributed by atoms with van der Waals surface area (Å²) in [5.41, 5.74) is 1.96. The monoisotopic (exact) mass is 629 g/mol. The van der Waals surface area contributed by atoms with Gasteiger partial charge in [0.05, 0.1) is 19.8 Å². The van der Waals surface area contributed by atoms with E-state index in [1.807, 2.05) is 6.07 Å². The van der Waals surface area contributed by atoms with Crippen LogP contribution >= 0.6 is 0 Å². The van der Waals surface area contributed by atoms with Crippen LogP contribution in [0.4, 0.5) is 0 Å². The lowest BCUT2D eigenvalue weighted by Gasteiger charge is -2.11. The number of benzene rings is 2. The first-order chi connectivity index (χ1) is 22.7. The van der Waals surface area contributed by atoms with Crippen molar-refractivity contribution in [2.45, 2.75) is 181 Å². The average Bonchev–Trinajstić information content (AvgIpc) is 3.08. The SMILES string of the molecule is CCCCCCCCCCCCCCC#Cc1cc(OC)c(C#CCCCCCCCCCCCCCC)c2ccc(OC)cc12. The second-order valence-electron chi connectivity index (χ2n) is 13.3. The third-order valence-electron chi connectivity index (χ3n) is 9.28. The fourth-order valence-electron chi connectivity index (χ4n) is 6.32. The van der Waals surface area contributed by atoms with Gasteiger partial charge in [-0.05, 0) is 37.1 Å². The summed E-state index contributed by atoms with van der Waals surface area (Å²) in [6.07, 6.45) is 34.6. The lowest BCUT2D eigenvalue weighted by atomic mass is 9.98. The Hall–Kier alpha value is -2.58. The Morgan fingerprint density at radius 3 is 1.33 bits per heavy atom. The van der Waals surface area contributed by atoms with Crippen LogP contribution in [0.1, 0.15) is 192 Å². The standard InChI is InChI=1S/C44H68O2/c1-5-7-9-11-13-15-17-19-21-23-25-27-29-31-33-39-37-44(46-4)42(41-36-35-40(45-3)38-43(39)41)34-32-30-28-26-24-22-20-18-16-14-12-10-8-6-2/h35-38H,5-30H2,1-4H3. The Morgan fingerprint density at radius 2 is 0.891 bits per heavy atom. The fraction of sp³-hybridized carbons (Fsp3) is 0.682. The molecule has 0 fully saturated rings. The molecule has 0 unspecified atom stereocenters. The van der Waals surface area contributed by atoms with Crippen LogP contribution in [0.25, 0.3) is 10.8 Å². The minimum absolute atomic E-state index is 0.814. The lowest BCUT2D eigenvalue weighted by molar-refractivity contribution is 0.413. The van der Waals surface area contributed by atoms with Gasteiger partial charge in [0.2, 0.25) is 0 Å². The van der Waals surface area contributed by atoms with Crippen LogP contribution in [-0.2, 0) is 0 Å². The summed E-state index contributed by atoms with van der Waals surface area (Å²) in [6.45, 7) is 4.58. The molecule has 2 nitrogen and oxygen atoms in total. The Kier molecular flexibility index (Phi) is 23.7. The molecule has 0 saturated heterocycles. The molecule has 2 aromatic rings. The predicted octanol–water partition coefficient (Wildman–Crippen LogP) is 13.7. The van der Waals surface area contributed by atoms with Crippen molar-refractivity contribution in [3.63, 3.8) is 0 Å². The quantitative estimate of drug-likeness (QED) is 0.0762. The number of methoxy groups -OCH3 is 2. The van der Waals surface area contributed by atoms with Gasteiger partial charge < -0.3 is 9.47 Å². The molecule has 0 aliphatic heterocycles. The van der Waals surface area contributed by atoms with Crippen molar-refractivity contribution in [3.05, 3.63) is 35.4 Å². The number of hydrogen-bond acceptors (Lipinski definition) is 2. The van der Waals surface area contributed by atoms with Gasteiger partial charge in [-0.1, -0.05) is 179 Å². The van der Waals surface area contributed by atoms with E-state index >= 15 is 0 Å². The van der Waals surface area contributed by atoms with E-state index < -0.39 is 0 Å². The summed E-state index contributed by atoms with van der Waals surface area (Å²) < 4.78 is 11.4. The maximum atomic E-state index is 5.84. The molecule has 0 N–H and O–H groups in total. The highest BCUT2D eigenvalue weighted by Crippen LogP contribution is 2.33. The Bertz CT molecular complexity index is 1170. The van der Waals surface area contributed by atoms with Crippen LogP contribution in [0.15, 0.2) is 24.3 Å². The first kappa shape index (κ1) is 39.6. The molecule has 256 valence electrons. The molecule has 0 amide bonds. The van der Waals surface area contributed by atoms with Crippen LogP contribution in [-0.4, -0.2) is 14.2 Å². The largest absolute Gasteiger partial charge is 0.497 e. The van der Waals surface area contributed by atoms with Gasteiger partial charge in [0.25, 0.3) is 0 Å². The van der Waals surface area contributed by atoms with Crippen molar-refractivity contribution in [2.75, 3.05) is 14.2 Å². The topological polar surface area (TPSA) is 18.5 Å². The second kappa shape index (κ2) is 27.5. The van der Waals surface area contributed by atoms with Crippen molar-refractivity contribution in [2.24, 2.45) is 0 Å². The first-order valence-electron chi connectivity index (χ1n) is 19.4. The van der Waals surface area contributed by atoms with Gasteiger partial charge in [0.15, 0.2) is 0 Å². The molecule has 0 aromatic heterocycles. The highest BCUT2D eigenvalue weighted by atomic mass is 16.5. The lowest BCUT2D eigenvalue weighted by Crippen LogP contribution is -1.94. The Balaban J connectivity index is 1.80. The van der Waals surface area contributed by atoms with Crippen molar-refractivity contribution >= 4 is 10.8 Å². The molecule has 0 bridgehead atoms. The number of unbranched alkanes of at least 4 members (excludes halogenated alkanes) is 24. The number of rotatable bonds is 26. The van der Waals surface area contributed by atoms with Crippen LogP contribution in [0, 0.1) is 23.7 Å². The zero-order chi connectivity index (χ0) is 32.9. The maximum Gasteiger partial charge on any atom is 0.136 e. The molecule has 2 heteroatoms. The summed E-state index contributed by atoms with van der Waals surface area (Å²) in [4.78, 5) is 0. The van der Waals surface area contributed by atoms with E-state index in [1.54, 1.807) is 14.2 Å². The molecule has 46 heavy (non-hydrogen) atoms. The van der Waals surface area contributed by atoms with Gasteiger partial charge in [-0.25, -0.2) is 0 Å².